The largest absolute Gasteiger partial charge is 0.390 e. The summed E-state index contributed by atoms with van der Waals surface area (Å²) in [7, 11) is 2.17. The van der Waals surface area contributed by atoms with Gasteiger partial charge >= 0.3 is 0 Å². The smallest absolute Gasteiger partial charge is 0.0663 e. The minimum absolute atomic E-state index is 0.501. The summed E-state index contributed by atoms with van der Waals surface area (Å²) in [6, 6.07) is 0.501. The molecule has 0 aromatic carbocycles. The maximum Gasteiger partial charge on any atom is 0.0663 e. The molecule has 83 valence electrons. The van der Waals surface area contributed by atoms with E-state index in [0.717, 1.165) is 5.92 Å². The lowest BCUT2D eigenvalue weighted by Crippen LogP contribution is -2.39. The zero-order valence-corrected chi connectivity index (χ0v) is 9.83. The van der Waals surface area contributed by atoms with Crippen molar-refractivity contribution < 1.29 is 5.11 Å². The fourth-order valence-electron chi connectivity index (χ4n) is 2.58. The van der Waals surface area contributed by atoms with E-state index in [9.17, 15) is 5.11 Å². The molecule has 2 rings (SSSR count). The van der Waals surface area contributed by atoms with Gasteiger partial charge in [-0.05, 0) is 59.5 Å². The van der Waals surface area contributed by atoms with Crippen LogP contribution in [0, 0.1) is 31.1 Å². The first kappa shape index (κ1) is 11.4. The third-order valence-electron chi connectivity index (χ3n) is 3.39. The first-order valence-corrected chi connectivity index (χ1v) is 5.69. The predicted molar refractivity (Wildman–Crippen MR) is 61.3 cm³/mol. The van der Waals surface area contributed by atoms with Crippen molar-refractivity contribution in [3.63, 3.8) is 0 Å². The van der Waals surface area contributed by atoms with Crippen LogP contribution < -0.4 is 0 Å². The molecule has 1 aliphatic heterocycles. The lowest BCUT2D eigenvalue weighted by molar-refractivity contribution is 0.0969. The quantitative estimate of drug-likeness (QED) is 0.742. The van der Waals surface area contributed by atoms with Crippen LogP contribution in [0.25, 0.3) is 0 Å². The van der Waals surface area contributed by atoms with Crippen molar-refractivity contribution >= 4 is 0 Å². The summed E-state index contributed by atoms with van der Waals surface area (Å²) in [6.45, 7) is 4.89. The van der Waals surface area contributed by atoms with Crippen molar-refractivity contribution in [2.24, 2.45) is 0 Å². The number of nitrogens with zero attached hydrogens (tertiary/aromatic N) is 1. The highest BCUT2D eigenvalue weighted by atomic mass is 16.3. The normalized spacial score (nSPS) is 31.6. The van der Waals surface area contributed by atoms with Gasteiger partial charge in [-0.15, -0.1) is 0 Å². The molecule has 1 N–H and O–H groups in total. The van der Waals surface area contributed by atoms with E-state index in [4.69, 9.17) is 0 Å². The number of rotatable bonds is 2. The number of hydrogen-bond donors (Lipinski definition) is 1. The highest BCUT2D eigenvalue weighted by Crippen LogP contribution is 2.45. The van der Waals surface area contributed by atoms with E-state index in [-0.39, 0.29) is 0 Å². The Morgan fingerprint density at radius 1 is 1.40 bits per heavy atom. The molecule has 2 heteroatoms. The van der Waals surface area contributed by atoms with Gasteiger partial charge in [-0.2, -0.15) is 0 Å². The van der Waals surface area contributed by atoms with Crippen molar-refractivity contribution in [2.75, 3.05) is 13.6 Å². The van der Waals surface area contributed by atoms with Gasteiger partial charge in [-0.1, -0.05) is 0 Å². The molecule has 15 heavy (non-hydrogen) atoms. The molecule has 2 fully saturated rings. The Bertz CT molecular complexity index is 221. The van der Waals surface area contributed by atoms with Gasteiger partial charge in [-0.3, -0.25) is 0 Å². The molecule has 0 aromatic heterocycles. The van der Waals surface area contributed by atoms with Crippen LogP contribution in [0.15, 0.2) is 0 Å². The fraction of sp³-hybridized carbons (Fsp3) is 0.615. The molecular weight excluding hydrogens is 186 g/mol. The summed E-state index contributed by atoms with van der Waals surface area (Å²) in [5, 5.41) is 10.1. The molecule has 5 radical (unpaired) electrons. The maximum atomic E-state index is 10.1. The van der Waals surface area contributed by atoms with Crippen LogP contribution in [-0.2, 0) is 0 Å². The summed E-state index contributed by atoms with van der Waals surface area (Å²) < 4.78 is 0. The molecule has 0 aromatic rings. The molecule has 0 bridgehead atoms. The lowest BCUT2D eigenvalue weighted by Gasteiger charge is -2.35. The van der Waals surface area contributed by atoms with Crippen LogP contribution in [0.4, 0.5) is 0 Å². The second-order valence-electron chi connectivity index (χ2n) is 5.09. The number of likely N-dealkylation sites (tertiary alicyclic amines) is 1. The van der Waals surface area contributed by atoms with E-state index in [1.807, 2.05) is 20.3 Å². The van der Waals surface area contributed by atoms with Crippen LogP contribution in [0.2, 0.25) is 0 Å². The van der Waals surface area contributed by atoms with E-state index in [2.05, 4.69) is 24.8 Å². The molecule has 1 atom stereocenters. The van der Waals surface area contributed by atoms with Gasteiger partial charge in [0.2, 0.25) is 0 Å². The molecule has 0 spiro atoms. The van der Waals surface area contributed by atoms with Crippen LogP contribution in [0.3, 0.4) is 0 Å². The second kappa shape index (κ2) is 4.06. The Balaban J connectivity index is 2.07. The number of aliphatic hydroxyl groups is 1. The Labute approximate surface area is 93.7 Å². The van der Waals surface area contributed by atoms with Crippen molar-refractivity contribution in [1.29, 1.82) is 0 Å². The molecule has 2 nitrogen and oxygen atoms in total. The maximum absolute atomic E-state index is 10.1. The molecule has 0 unspecified atom stereocenters. The standard InChI is InChI=1S/C13H20NO/c1-13(2,15)11-7-4-6-10(11)12-8-5-9-14(12)3/h4,6-7,12,15H,5,8-9H2,1-3H3/t12-/m1/s1. The third-order valence-corrected chi connectivity index (χ3v) is 3.39. The Morgan fingerprint density at radius 2 is 2.13 bits per heavy atom. The summed E-state index contributed by atoms with van der Waals surface area (Å²) in [6.07, 6.45) is 8.72. The third kappa shape index (κ3) is 2.21. The average molecular weight is 206 g/mol. The number of hydrogen-bond acceptors (Lipinski definition) is 2. The molecule has 1 heterocycles. The molecule has 1 aliphatic carbocycles. The summed E-state index contributed by atoms with van der Waals surface area (Å²) in [5.74, 6) is 2.39. The van der Waals surface area contributed by atoms with Crippen LogP contribution in [0.1, 0.15) is 26.7 Å². The van der Waals surface area contributed by atoms with E-state index < -0.39 is 5.60 Å². The lowest BCUT2D eigenvalue weighted by atomic mass is 9.78. The topological polar surface area (TPSA) is 23.5 Å². The Kier molecular flexibility index (Phi) is 3.09. The van der Waals surface area contributed by atoms with Gasteiger partial charge in [-0.25, -0.2) is 0 Å². The van der Waals surface area contributed by atoms with Gasteiger partial charge in [0, 0.05) is 17.9 Å². The van der Waals surface area contributed by atoms with E-state index in [0.29, 0.717) is 6.04 Å². The van der Waals surface area contributed by atoms with Gasteiger partial charge in [0.15, 0.2) is 0 Å². The minimum Gasteiger partial charge on any atom is -0.390 e. The van der Waals surface area contributed by atoms with Crippen molar-refractivity contribution in [1.82, 2.24) is 4.90 Å². The molecule has 2 aliphatic rings. The molecule has 1 saturated heterocycles. The average Bonchev–Trinajstić information content (AvgIpc) is 2.69. The fourth-order valence-corrected chi connectivity index (χ4v) is 2.58. The second-order valence-corrected chi connectivity index (χ2v) is 5.09. The van der Waals surface area contributed by atoms with Gasteiger partial charge in [0.1, 0.15) is 0 Å². The minimum atomic E-state index is -0.720. The van der Waals surface area contributed by atoms with Crippen LogP contribution in [-0.4, -0.2) is 35.2 Å². The molecule has 0 amide bonds. The molecular formula is C13H20NO. The Morgan fingerprint density at radius 3 is 2.67 bits per heavy atom. The van der Waals surface area contributed by atoms with Crippen molar-refractivity contribution in [2.45, 2.75) is 38.3 Å². The summed E-state index contributed by atoms with van der Waals surface area (Å²) >= 11 is 0. The highest BCUT2D eigenvalue weighted by Gasteiger charge is 2.44. The summed E-state index contributed by atoms with van der Waals surface area (Å²) in [4.78, 5) is 2.38. The first-order chi connectivity index (χ1) is 7.00. The zero-order valence-electron chi connectivity index (χ0n) is 9.83. The Hall–Kier alpha value is -0.0800. The zero-order chi connectivity index (χ0) is 11.1. The summed E-state index contributed by atoms with van der Waals surface area (Å²) in [5.41, 5.74) is -0.720. The monoisotopic (exact) mass is 206 g/mol. The SMILES string of the molecule is CN1CCC[C@@H]1[C]1[CH][CH][CH][C]1C(C)(C)O. The van der Waals surface area contributed by atoms with Gasteiger partial charge < -0.3 is 10.0 Å². The van der Waals surface area contributed by atoms with Gasteiger partial charge in [0.25, 0.3) is 0 Å². The van der Waals surface area contributed by atoms with E-state index >= 15 is 0 Å². The first-order valence-electron chi connectivity index (χ1n) is 5.69. The van der Waals surface area contributed by atoms with Crippen molar-refractivity contribution in [3.05, 3.63) is 31.1 Å². The highest BCUT2D eigenvalue weighted by molar-refractivity contribution is 5.50. The van der Waals surface area contributed by atoms with E-state index in [1.165, 1.54) is 25.3 Å². The van der Waals surface area contributed by atoms with Crippen molar-refractivity contribution in [3.8, 4) is 0 Å². The van der Waals surface area contributed by atoms with E-state index in [1.54, 1.807) is 0 Å². The van der Waals surface area contributed by atoms with Crippen LogP contribution >= 0.6 is 0 Å². The predicted octanol–water partition coefficient (Wildman–Crippen LogP) is 1.63. The van der Waals surface area contributed by atoms with Crippen LogP contribution in [0.5, 0.6) is 0 Å². The molecule has 1 saturated carbocycles. The van der Waals surface area contributed by atoms with Gasteiger partial charge in [0.05, 0.1) is 5.60 Å².